The van der Waals surface area contributed by atoms with Crippen LogP contribution in [0.3, 0.4) is 0 Å². The fraction of sp³-hybridized carbons (Fsp3) is 0.259. The van der Waals surface area contributed by atoms with Crippen LogP contribution in [0.15, 0.2) is 71.5 Å². The molecule has 4 aromatic rings. The number of benzene rings is 3. The van der Waals surface area contributed by atoms with Crippen molar-refractivity contribution in [2.45, 2.75) is 33.9 Å². The Morgan fingerprint density at radius 3 is 2.34 bits per heavy atom. The molecule has 0 spiro atoms. The van der Waals surface area contributed by atoms with Crippen molar-refractivity contribution in [3.05, 3.63) is 88.3 Å². The number of rotatable bonds is 5. The molecule has 0 aliphatic rings. The molecule has 5 heteroatoms. The summed E-state index contributed by atoms with van der Waals surface area (Å²) in [6.45, 7) is 7.50. The van der Waals surface area contributed by atoms with Gasteiger partial charge in [-0.15, -0.1) is 0 Å². The van der Waals surface area contributed by atoms with Crippen LogP contribution in [0.1, 0.15) is 31.9 Å². The van der Waals surface area contributed by atoms with Gasteiger partial charge in [-0.25, -0.2) is 4.79 Å². The Balaban J connectivity index is 1.61. The molecule has 162 valence electrons. The second-order valence-corrected chi connectivity index (χ2v) is 9.32. The average Bonchev–Trinajstić information content (AvgIpc) is 3.01. The van der Waals surface area contributed by atoms with Crippen LogP contribution < -0.4 is 10.4 Å². The highest BCUT2D eigenvalue weighted by molar-refractivity contribution is 5.83. The predicted molar refractivity (Wildman–Crippen MR) is 128 cm³/mol. The fourth-order valence-electron chi connectivity index (χ4n) is 3.82. The van der Waals surface area contributed by atoms with Crippen LogP contribution in [-0.4, -0.2) is 9.13 Å². The standard InChI is InChI=1S/C27H27N3O2/c1-27(2,3)18-30-24-13-12-22(15-25(24)29(4)26(30)31)21-6-5-7-23(14-21)32-17-20-10-8-19(16-28)9-11-20/h5-15H,17-18H2,1-4H3. The van der Waals surface area contributed by atoms with Gasteiger partial charge in [-0.2, -0.15) is 5.26 Å². The highest BCUT2D eigenvalue weighted by Gasteiger charge is 2.18. The van der Waals surface area contributed by atoms with Gasteiger partial charge in [0, 0.05) is 13.6 Å². The molecular formula is C27H27N3O2. The molecule has 0 N–H and O–H groups in total. The second-order valence-electron chi connectivity index (χ2n) is 9.32. The summed E-state index contributed by atoms with van der Waals surface area (Å²) in [5.41, 5.74) is 5.58. The fourth-order valence-corrected chi connectivity index (χ4v) is 3.82. The van der Waals surface area contributed by atoms with Gasteiger partial charge < -0.3 is 4.74 Å². The van der Waals surface area contributed by atoms with E-state index in [1.165, 1.54) is 0 Å². The molecule has 0 bridgehead atoms. The highest BCUT2D eigenvalue weighted by Crippen LogP contribution is 2.28. The molecule has 4 rings (SSSR count). The Kier molecular flexibility index (Phi) is 5.63. The van der Waals surface area contributed by atoms with E-state index < -0.39 is 0 Å². The molecule has 0 amide bonds. The predicted octanol–water partition coefficient (Wildman–Crippen LogP) is 5.50. The molecule has 0 unspecified atom stereocenters. The van der Waals surface area contributed by atoms with Crippen LogP contribution in [0.4, 0.5) is 0 Å². The first-order valence-electron chi connectivity index (χ1n) is 10.7. The monoisotopic (exact) mass is 425 g/mol. The van der Waals surface area contributed by atoms with E-state index in [0.29, 0.717) is 18.7 Å². The lowest BCUT2D eigenvalue weighted by molar-refractivity contribution is 0.306. The molecule has 0 atom stereocenters. The minimum atomic E-state index is 0.00609. The van der Waals surface area contributed by atoms with Gasteiger partial charge in [0.05, 0.1) is 22.7 Å². The Morgan fingerprint density at radius 2 is 1.66 bits per heavy atom. The number of aryl methyl sites for hydroxylation is 1. The summed E-state index contributed by atoms with van der Waals surface area (Å²) >= 11 is 0. The number of ether oxygens (including phenoxy) is 1. The topological polar surface area (TPSA) is 59.9 Å². The minimum Gasteiger partial charge on any atom is -0.489 e. The zero-order chi connectivity index (χ0) is 22.9. The maximum Gasteiger partial charge on any atom is 0.328 e. The van der Waals surface area contributed by atoms with E-state index in [9.17, 15) is 4.79 Å². The molecule has 0 fully saturated rings. The van der Waals surface area contributed by atoms with Gasteiger partial charge in [0.2, 0.25) is 0 Å². The first-order chi connectivity index (χ1) is 15.2. The molecule has 5 nitrogen and oxygen atoms in total. The number of aromatic nitrogens is 2. The van der Waals surface area contributed by atoms with Crippen LogP contribution >= 0.6 is 0 Å². The number of nitriles is 1. The van der Waals surface area contributed by atoms with Crippen molar-refractivity contribution in [1.29, 1.82) is 5.26 Å². The molecule has 0 aliphatic heterocycles. The molecule has 1 aromatic heterocycles. The molecule has 0 saturated carbocycles. The Morgan fingerprint density at radius 1 is 0.938 bits per heavy atom. The summed E-state index contributed by atoms with van der Waals surface area (Å²) in [5.74, 6) is 0.770. The number of imidazole rings is 1. The highest BCUT2D eigenvalue weighted by atomic mass is 16.5. The number of fused-ring (bicyclic) bond motifs is 1. The third-order valence-corrected chi connectivity index (χ3v) is 5.43. The van der Waals surface area contributed by atoms with E-state index >= 15 is 0 Å². The number of nitrogens with zero attached hydrogens (tertiary/aromatic N) is 3. The number of hydrogen-bond acceptors (Lipinski definition) is 3. The zero-order valence-corrected chi connectivity index (χ0v) is 18.9. The molecule has 1 heterocycles. The van der Waals surface area contributed by atoms with Crippen LogP contribution in [0.5, 0.6) is 5.75 Å². The second kappa shape index (κ2) is 8.39. The summed E-state index contributed by atoms with van der Waals surface area (Å²) in [6, 6.07) is 23.6. The van der Waals surface area contributed by atoms with Crippen LogP contribution in [0.2, 0.25) is 0 Å². The van der Waals surface area contributed by atoms with Gasteiger partial charge >= 0.3 is 5.69 Å². The summed E-state index contributed by atoms with van der Waals surface area (Å²) in [5, 5.41) is 8.92. The van der Waals surface area contributed by atoms with Crippen molar-refractivity contribution in [1.82, 2.24) is 9.13 Å². The first kappa shape index (κ1) is 21.5. The maximum absolute atomic E-state index is 12.8. The molecule has 32 heavy (non-hydrogen) atoms. The SMILES string of the molecule is Cn1c(=O)n(CC(C)(C)C)c2ccc(-c3cccc(OCc4ccc(C#N)cc4)c3)cc21. The number of hydrogen-bond donors (Lipinski definition) is 0. The lowest BCUT2D eigenvalue weighted by Gasteiger charge is -2.18. The van der Waals surface area contributed by atoms with E-state index in [-0.39, 0.29) is 11.1 Å². The normalized spacial score (nSPS) is 11.5. The largest absolute Gasteiger partial charge is 0.489 e. The summed E-state index contributed by atoms with van der Waals surface area (Å²) in [7, 11) is 1.82. The Bertz CT molecular complexity index is 1360. The average molecular weight is 426 g/mol. The van der Waals surface area contributed by atoms with Gasteiger partial charge in [0.15, 0.2) is 0 Å². The van der Waals surface area contributed by atoms with Crippen molar-refractivity contribution in [2.24, 2.45) is 12.5 Å². The van der Waals surface area contributed by atoms with E-state index in [1.807, 2.05) is 54.1 Å². The third-order valence-electron chi connectivity index (χ3n) is 5.43. The van der Waals surface area contributed by atoms with Crippen LogP contribution in [0, 0.1) is 16.7 Å². The van der Waals surface area contributed by atoms with Crippen LogP contribution in [-0.2, 0) is 20.2 Å². The van der Waals surface area contributed by atoms with Crippen molar-refractivity contribution < 1.29 is 4.74 Å². The smallest absolute Gasteiger partial charge is 0.328 e. The molecular weight excluding hydrogens is 398 g/mol. The zero-order valence-electron chi connectivity index (χ0n) is 18.9. The minimum absolute atomic E-state index is 0.00609. The lowest BCUT2D eigenvalue weighted by atomic mass is 9.97. The molecule has 3 aromatic carbocycles. The summed E-state index contributed by atoms with van der Waals surface area (Å²) < 4.78 is 9.55. The molecule has 0 aliphatic carbocycles. The van der Waals surface area contributed by atoms with Crippen molar-refractivity contribution in [3.8, 4) is 22.9 Å². The Hall–Kier alpha value is -3.78. The van der Waals surface area contributed by atoms with Gasteiger partial charge in [0.1, 0.15) is 12.4 Å². The quantitative estimate of drug-likeness (QED) is 0.424. The summed E-state index contributed by atoms with van der Waals surface area (Å²) in [4.78, 5) is 12.8. The maximum atomic E-state index is 12.8. The van der Waals surface area contributed by atoms with Crippen molar-refractivity contribution in [3.63, 3.8) is 0 Å². The van der Waals surface area contributed by atoms with Gasteiger partial charge in [-0.1, -0.05) is 51.1 Å². The van der Waals surface area contributed by atoms with Crippen molar-refractivity contribution in [2.75, 3.05) is 0 Å². The van der Waals surface area contributed by atoms with E-state index in [4.69, 9.17) is 10.00 Å². The third kappa shape index (κ3) is 4.45. The first-order valence-corrected chi connectivity index (χ1v) is 10.7. The van der Waals surface area contributed by atoms with Gasteiger partial charge in [-0.05, 0) is 58.5 Å². The van der Waals surface area contributed by atoms with E-state index in [0.717, 1.165) is 33.5 Å². The lowest BCUT2D eigenvalue weighted by Crippen LogP contribution is -2.27. The van der Waals surface area contributed by atoms with E-state index in [1.54, 1.807) is 16.7 Å². The Labute approximate surface area is 188 Å². The van der Waals surface area contributed by atoms with E-state index in [2.05, 4.69) is 39.0 Å². The van der Waals surface area contributed by atoms with Crippen LogP contribution in [0.25, 0.3) is 22.2 Å². The van der Waals surface area contributed by atoms with Crippen molar-refractivity contribution >= 4 is 11.0 Å². The van der Waals surface area contributed by atoms with Gasteiger partial charge in [0.25, 0.3) is 0 Å². The molecule has 0 radical (unpaired) electrons. The summed E-state index contributed by atoms with van der Waals surface area (Å²) in [6.07, 6.45) is 0. The molecule has 0 saturated heterocycles. The van der Waals surface area contributed by atoms with Gasteiger partial charge in [-0.3, -0.25) is 9.13 Å².